The van der Waals surface area contributed by atoms with E-state index < -0.39 is 0 Å². The number of carbonyl (C=O) groups is 1. The van der Waals surface area contributed by atoms with E-state index in [1.807, 2.05) is 35.6 Å². The quantitative estimate of drug-likeness (QED) is 0.137. The molecule has 0 N–H and O–H groups in total. The van der Waals surface area contributed by atoms with Crippen molar-refractivity contribution in [2.24, 2.45) is 0 Å². The topological polar surface area (TPSA) is 26.3 Å². The molecule has 36 heavy (non-hydrogen) atoms. The van der Waals surface area contributed by atoms with E-state index in [1.165, 1.54) is 47.3 Å². The maximum Gasteiger partial charge on any atom is 0.338 e. The lowest BCUT2D eigenvalue weighted by Crippen LogP contribution is -2.10. The molecular formula is C33H28O2S. The van der Waals surface area contributed by atoms with E-state index >= 15 is 0 Å². The van der Waals surface area contributed by atoms with Crippen molar-refractivity contribution in [3.05, 3.63) is 114 Å². The number of thiophene rings is 1. The van der Waals surface area contributed by atoms with Crippen LogP contribution in [-0.4, -0.2) is 5.97 Å². The molecule has 1 heterocycles. The van der Waals surface area contributed by atoms with Crippen LogP contribution in [0, 0.1) is 0 Å². The predicted molar refractivity (Wildman–Crippen MR) is 155 cm³/mol. The van der Waals surface area contributed by atoms with Crippen molar-refractivity contribution >= 4 is 59.0 Å². The van der Waals surface area contributed by atoms with Gasteiger partial charge >= 0.3 is 5.97 Å². The van der Waals surface area contributed by atoms with Gasteiger partial charge in [-0.2, -0.15) is 0 Å². The molecule has 0 aliphatic carbocycles. The Kier molecular flexibility index (Phi) is 6.34. The Balaban J connectivity index is 0.00000267. The third-order valence-corrected chi connectivity index (χ3v) is 7.85. The zero-order valence-corrected chi connectivity index (χ0v) is 20.3. The maximum atomic E-state index is 12.1. The summed E-state index contributed by atoms with van der Waals surface area (Å²) < 4.78 is 8.26. The van der Waals surface area contributed by atoms with Crippen LogP contribution >= 0.6 is 11.3 Å². The van der Waals surface area contributed by atoms with Crippen molar-refractivity contribution in [1.29, 1.82) is 0 Å². The second kappa shape index (κ2) is 9.60. The lowest BCUT2D eigenvalue weighted by Gasteiger charge is -2.12. The van der Waals surface area contributed by atoms with E-state index in [9.17, 15) is 4.79 Å². The number of para-hydroxylation sites is 1. The van der Waals surface area contributed by atoms with Crippen LogP contribution in [0.15, 0.2) is 103 Å². The fourth-order valence-electron chi connectivity index (χ4n) is 4.91. The highest BCUT2D eigenvalue weighted by atomic mass is 32.1. The van der Waals surface area contributed by atoms with Crippen LogP contribution in [0.1, 0.15) is 25.5 Å². The summed E-state index contributed by atoms with van der Waals surface area (Å²) in [5.41, 5.74) is 2.74. The van der Waals surface area contributed by atoms with Crippen molar-refractivity contribution in [2.45, 2.75) is 27.2 Å². The van der Waals surface area contributed by atoms with Crippen LogP contribution < -0.4 is 4.74 Å². The first kappa shape index (κ1) is 23.8. The van der Waals surface area contributed by atoms with Gasteiger partial charge in [-0.15, -0.1) is 11.3 Å². The molecule has 0 unspecified atom stereocenters. The van der Waals surface area contributed by atoms with E-state index in [1.54, 1.807) is 6.92 Å². The smallest absolute Gasteiger partial charge is 0.338 e. The van der Waals surface area contributed by atoms with Gasteiger partial charge in [0.2, 0.25) is 0 Å². The molecule has 0 amide bonds. The first-order valence-electron chi connectivity index (χ1n) is 11.8. The van der Waals surface area contributed by atoms with E-state index in [4.69, 9.17) is 4.74 Å². The Bertz CT molecular complexity index is 1770. The van der Waals surface area contributed by atoms with E-state index in [0.717, 1.165) is 18.4 Å². The number of carbonyl (C=O) groups excluding carboxylic acids is 1. The van der Waals surface area contributed by atoms with Crippen molar-refractivity contribution in [2.75, 3.05) is 0 Å². The molecule has 0 aliphatic heterocycles. The van der Waals surface area contributed by atoms with Gasteiger partial charge in [0.15, 0.2) is 0 Å². The normalized spacial score (nSPS) is 11.1. The van der Waals surface area contributed by atoms with Crippen molar-refractivity contribution < 1.29 is 9.53 Å². The molecule has 0 aliphatic rings. The largest absolute Gasteiger partial charge is 0.423 e. The van der Waals surface area contributed by atoms with Gasteiger partial charge in [-0.05, 0) is 70.6 Å². The summed E-state index contributed by atoms with van der Waals surface area (Å²) in [5, 5.41) is 7.81. The maximum absolute atomic E-state index is 12.1. The molecule has 6 aromatic rings. The highest BCUT2D eigenvalue weighted by molar-refractivity contribution is 7.26. The van der Waals surface area contributed by atoms with Gasteiger partial charge in [-0.3, -0.25) is 0 Å². The number of esters is 1. The minimum absolute atomic E-state index is 0. The van der Waals surface area contributed by atoms with Crippen molar-refractivity contribution in [3.63, 3.8) is 0 Å². The molecule has 2 nitrogen and oxygen atoms in total. The van der Waals surface area contributed by atoms with Crippen LogP contribution in [0.3, 0.4) is 0 Å². The minimum Gasteiger partial charge on any atom is -0.423 e. The van der Waals surface area contributed by atoms with Gasteiger partial charge in [-0.25, -0.2) is 4.79 Å². The van der Waals surface area contributed by atoms with Gasteiger partial charge in [0.25, 0.3) is 0 Å². The summed E-state index contributed by atoms with van der Waals surface area (Å²) in [6.45, 7) is 5.38. The summed E-state index contributed by atoms with van der Waals surface area (Å²) in [4.78, 5) is 12.1. The average Bonchev–Trinajstić information content (AvgIpc) is 3.29. The lowest BCUT2D eigenvalue weighted by molar-refractivity contribution is -0.130. The molecule has 0 radical (unpaired) electrons. The Hall–Kier alpha value is -3.95. The minimum atomic E-state index is -0.387. The fraction of sp³-hybridized carbons (Fsp3) is 0.121. The first-order valence-corrected chi connectivity index (χ1v) is 12.6. The second-order valence-corrected chi connectivity index (χ2v) is 10.1. The Labute approximate surface area is 215 Å². The number of rotatable bonds is 5. The summed E-state index contributed by atoms with van der Waals surface area (Å²) in [7, 11) is 0. The van der Waals surface area contributed by atoms with Crippen LogP contribution in [0.4, 0.5) is 0 Å². The molecule has 1 aromatic heterocycles. The van der Waals surface area contributed by atoms with E-state index in [-0.39, 0.29) is 13.4 Å². The van der Waals surface area contributed by atoms with Crippen molar-refractivity contribution in [3.8, 4) is 5.75 Å². The summed E-state index contributed by atoms with van der Waals surface area (Å²) in [5.74, 6) is 0.224. The van der Waals surface area contributed by atoms with E-state index in [0.29, 0.717) is 11.3 Å². The van der Waals surface area contributed by atoms with Gasteiger partial charge in [0.1, 0.15) is 5.75 Å². The Morgan fingerprint density at radius 1 is 0.778 bits per heavy atom. The number of aryl methyl sites for hydroxylation is 2. The fourth-order valence-corrected chi connectivity index (χ4v) is 6.18. The molecule has 6 rings (SSSR count). The zero-order chi connectivity index (χ0) is 23.9. The molecule has 0 atom stereocenters. The van der Waals surface area contributed by atoms with Gasteiger partial charge < -0.3 is 4.74 Å². The molecule has 3 heteroatoms. The van der Waals surface area contributed by atoms with Crippen LogP contribution in [0.5, 0.6) is 5.75 Å². The molecule has 178 valence electrons. The van der Waals surface area contributed by atoms with Crippen molar-refractivity contribution in [1.82, 2.24) is 0 Å². The van der Waals surface area contributed by atoms with Crippen LogP contribution in [0.25, 0.3) is 41.7 Å². The number of benzene rings is 5. The highest BCUT2D eigenvalue weighted by Gasteiger charge is 2.16. The molecule has 0 saturated carbocycles. The number of fused-ring (bicyclic) bond motifs is 7. The first-order chi connectivity index (χ1) is 17.1. The van der Waals surface area contributed by atoms with Gasteiger partial charge in [0.05, 0.1) is 0 Å². The monoisotopic (exact) mass is 488 g/mol. The van der Waals surface area contributed by atoms with Crippen LogP contribution in [-0.2, 0) is 17.6 Å². The number of hydrogen-bond donors (Lipinski definition) is 0. The molecular weight excluding hydrogens is 460 g/mol. The van der Waals surface area contributed by atoms with Gasteiger partial charge in [-0.1, -0.05) is 86.8 Å². The molecule has 5 aromatic carbocycles. The molecule has 0 saturated heterocycles. The van der Waals surface area contributed by atoms with Gasteiger partial charge in [0, 0.05) is 25.7 Å². The van der Waals surface area contributed by atoms with E-state index in [2.05, 4.69) is 73.3 Å². The zero-order valence-electron chi connectivity index (χ0n) is 19.5. The SMILES string of the molecule is C.C=C(C)C(=O)Oc1ccccc1CCc1cc2ccccc2c2c1sc1ccc3ccccc3c12. The third kappa shape index (κ3) is 4.06. The lowest BCUT2D eigenvalue weighted by atomic mass is 9.95. The Morgan fingerprint density at radius 2 is 1.42 bits per heavy atom. The summed E-state index contributed by atoms with van der Waals surface area (Å²) in [6, 6.07) is 31.9. The predicted octanol–water partition coefficient (Wildman–Crippen LogP) is 9.26. The molecule has 0 fully saturated rings. The van der Waals surface area contributed by atoms with Crippen LogP contribution in [0.2, 0.25) is 0 Å². The molecule has 0 spiro atoms. The Morgan fingerprint density at radius 3 is 2.19 bits per heavy atom. The average molecular weight is 489 g/mol. The standard InChI is InChI=1S/C32H24O2S.CH4/c1-20(2)32(33)34-27-14-8-5-10-22(27)15-16-24-19-23-11-4-7-13-26(23)30-29-25-12-6-3-9-21(25)17-18-28(29)35-31(24)30;/h3-14,17-19H,1,15-16H2,2H3;1H4. The summed E-state index contributed by atoms with van der Waals surface area (Å²) in [6.07, 6.45) is 1.63. The third-order valence-electron chi connectivity index (χ3n) is 6.62. The highest BCUT2D eigenvalue weighted by Crippen LogP contribution is 2.44. The summed E-state index contributed by atoms with van der Waals surface area (Å²) >= 11 is 1.87. The second-order valence-electron chi connectivity index (χ2n) is 9.00. The number of hydrogen-bond acceptors (Lipinski definition) is 3. The molecule has 0 bridgehead atoms. The number of ether oxygens (including phenoxy) is 1.